The molecule has 5 nitrogen and oxygen atoms in total. The summed E-state index contributed by atoms with van der Waals surface area (Å²) in [5, 5.41) is 8.31. The lowest BCUT2D eigenvalue weighted by molar-refractivity contribution is 0.415. The molecule has 0 unspecified atom stereocenters. The Morgan fingerprint density at radius 1 is 0.926 bits per heavy atom. The third-order valence-corrected chi connectivity index (χ3v) is 4.63. The quantitative estimate of drug-likeness (QED) is 0.553. The van der Waals surface area contributed by atoms with Crippen molar-refractivity contribution in [3.63, 3.8) is 0 Å². The molecule has 2 heterocycles. The SMILES string of the molecule is COc1ccc(-c2nn3c(Nc4ccc(C)cc4)cc(C)nc3c2C)cc1. The van der Waals surface area contributed by atoms with Crippen molar-refractivity contribution in [3.8, 4) is 17.0 Å². The lowest BCUT2D eigenvalue weighted by Gasteiger charge is -2.09. The number of anilines is 2. The van der Waals surface area contributed by atoms with Crippen molar-refractivity contribution in [2.45, 2.75) is 20.8 Å². The zero-order chi connectivity index (χ0) is 19.0. The lowest BCUT2D eigenvalue weighted by Crippen LogP contribution is -2.02. The van der Waals surface area contributed by atoms with Crippen LogP contribution in [0.3, 0.4) is 0 Å². The van der Waals surface area contributed by atoms with Gasteiger partial charge < -0.3 is 10.1 Å². The van der Waals surface area contributed by atoms with Crippen LogP contribution in [-0.2, 0) is 0 Å². The Bertz CT molecular complexity index is 1100. The number of nitrogens with one attached hydrogen (secondary N) is 1. The molecule has 2 aromatic heterocycles. The van der Waals surface area contributed by atoms with Gasteiger partial charge in [0.2, 0.25) is 0 Å². The molecular formula is C22H22N4O. The highest BCUT2D eigenvalue weighted by Crippen LogP contribution is 2.29. The molecule has 5 heteroatoms. The molecule has 4 aromatic rings. The predicted octanol–water partition coefficient (Wildman–Crippen LogP) is 5.07. The number of nitrogens with zero attached hydrogens (tertiary/aromatic N) is 3. The highest BCUT2D eigenvalue weighted by atomic mass is 16.5. The fraction of sp³-hybridized carbons (Fsp3) is 0.182. The Kier molecular flexibility index (Phi) is 4.28. The summed E-state index contributed by atoms with van der Waals surface area (Å²) in [5.41, 5.74) is 7.06. The van der Waals surface area contributed by atoms with Crippen LogP contribution < -0.4 is 10.1 Å². The van der Waals surface area contributed by atoms with E-state index in [0.29, 0.717) is 0 Å². The molecule has 0 aliphatic carbocycles. The highest BCUT2D eigenvalue weighted by Gasteiger charge is 2.15. The molecule has 136 valence electrons. The second-order valence-corrected chi connectivity index (χ2v) is 6.71. The molecule has 0 atom stereocenters. The summed E-state index contributed by atoms with van der Waals surface area (Å²) >= 11 is 0. The fourth-order valence-corrected chi connectivity index (χ4v) is 3.14. The van der Waals surface area contributed by atoms with E-state index in [1.165, 1.54) is 5.56 Å². The van der Waals surface area contributed by atoms with Gasteiger partial charge in [-0.3, -0.25) is 0 Å². The van der Waals surface area contributed by atoms with Gasteiger partial charge in [0.25, 0.3) is 0 Å². The van der Waals surface area contributed by atoms with Crippen LogP contribution in [0, 0.1) is 20.8 Å². The van der Waals surface area contributed by atoms with Gasteiger partial charge in [0.05, 0.1) is 12.8 Å². The number of aryl methyl sites for hydroxylation is 3. The molecule has 0 saturated heterocycles. The second-order valence-electron chi connectivity index (χ2n) is 6.71. The number of fused-ring (bicyclic) bond motifs is 1. The first-order valence-corrected chi connectivity index (χ1v) is 8.90. The van der Waals surface area contributed by atoms with Crippen LogP contribution in [0.1, 0.15) is 16.8 Å². The molecule has 0 bridgehead atoms. The Labute approximate surface area is 158 Å². The first-order valence-electron chi connectivity index (χ1n) is 8.90. The summed E-state index contributed by atoms with van der Waals surface area (Å²) in [6.45, 7) is 6.14. The number of benzene rings is 2. The van der Waals surface area contributed by atoms with E-state index in [1.807, 2.05) is 41.8 Å². The molecule has 0 saturated carbocycles. The maximum Gasteiger partial charge on any atom is 0.161 e. The van der Waals surface area contributed by atoms with Crippen molar-refractivity contribution in [3.05, 3.63) is 71.4 Å². The molecule has 0 aliphatic rings. The number of methoxy groups -OCH3 is 1. The Hall–Kier alpha value is -3.34. The van der Waals surface area contributed by atoms with Gasteiger partial charge in [-0.25, -0.2) is 4.98 Å². The minimum Gasteiger partial charge on any atom is -0.497 e. The summed E-state index contributed by atoms with van der Waals surface area (Å²) in [4.78, 5) is 4.71. The van der Waals surface area contributed by atoms with E-state index in [1.54, 1.807) is 7.11 Å². The van der Waals surface area contributed by atoms with Crippen LogP contribution in [0.5, 0.6) is 5.75 Å². The van der Waals surface area contributed by atoms with Gasteiger partial charge in [-0.05, 0) is 57.2 Å². The number of hydrogen-bond donors (Lipinski definition) is 1. The average molecular weight is 358 g/mol. The van der Waals surface area contributed by atoms with E-state index in [4.69, 9.17) is 14.8 Å². The summed E-state index contributed by atoms with van der Waals surface area (Å²) in [7, 11) is 1.67. The molecule has 2 aromatic carbocycles. The number of hydrogen-bond acceptors (Lipinski definition) is 4. The maximum atomic E-state index is 5.26. The largest absolute Gasteiger partial charge is 0.497 e. The van der Waals surface area contributed by atoms with Gasteiger partial charge in [0, 0.05) is 28.6 Å². The monoisotopic (exact) mass is 358 g/mol. The van der Waals surface area contributed by atoms with Crippen molar-refractivity contribution < 1.29 is 4.74 Å². The zero-order valence-electron chi connectivity index (χ0n) is 15.9. The van der Waals surface area contributed by atoms with Crippen LogP contribution in [0.15, 0.2) is 54.6 Å². The molecule has 0 fully saturated rings. The van der Waals surface area contributed by atoms with Crippen molar-refractivity contribution in [2.24, 2.45) is 0 Å². The molecule has 1 N–H and O–H groups in total. The molecule has 0 aliphatic heterocycles. The van der Waals surface area contributed by atoms with E-state index >= 15 is 0 Å². The third kappa shape index (κ3) is 3.24. The molecule has 0 radical (unpaired) electrons. The van der Waals surface area contributed by atoms with E-state index in [-0.39, 0.29) is 0 Å². The van der Waals surface area contributed by atoms with E-state index in [9.17, 15) is 0 Å². The van der Waals surface area contributed by atoms with Crippen molar-refractivity contribution in [1.29, 1.82) is 0 Å². The van der Waals surface area contributed by atoms with Gasteiger partial charge in [-0.2, -0.15) is 9.61 Å². The molecule has 0 amide bonds. The van der Waals surface area contributed by atoms with Gasteiger partial charge in [0.15, 0.2) is 5.65 Å². The van der Waals surface area contributed by atoms with Crippen LogP contribution in [0.2, 0.25) is 0 Å². The van der Waals surface area contributed by atoms with Crippen molar-refractivity contribution in [2.75, 3.05) is 12.4 Å². The Morgan fingerprint density at radius 3 is 2.30 bits per heavy atom. The van der Waals surface area contributed by atoms with Crippen LogP contribution >= 0.6 is 0 Å². The smallest absolute Gasteiger partial charge is 0.161 e. The minimum atomic E-state index is 0.830. The van der Waals surface area contributed by atoms with Gasteiger partial charge >= 0.3 is 0 Å². The topological polar surface area (TPSA) is 51.5 Å². The van der Waals surface area contributed by atoms with Crippen LogP contribution in [-0.4, -0.2) is 21.7 Å². The normalized spacial score (nSPS) is 11.0. The molecule has 0 spiro atoms. The first-order chi connectivity index (χ1) is 13.0. The standard InChI is InChI=1S/C22H22N4O/c1-14-5-9-18(10-6-14)24-20-13-15(2)23-22-16(3)21(25-26(20)22)17-7-11-19(27-4)12-8-17/h5-13,24H,1-4H3. The fourth-order valence-electron chi connectivity index (χ4n) is 3.14. The highest BCUT2D eigenvalue weighted by molar-refractivity contribution is 5.73. The van der Waals surface area contributed by atoms with Crippen LogP contribution in [0.25, 0.3) is 16.9 Å². The maximum absolute atomic E-state index is 5.26. The molecule has 27 heavy (non-hydrogen) atoms. The first kappa shape index (κ1) is 17.1. The summed E-state index contributed by atoms with van der Waals surface area (Å²) in [6, 6.07) is 18.3. The number of aromatic nitrogens is 3. The average Bonchev–Trinajstić information content (AvgIpc) is 3.00. The van der Waals surface area contributed by atoms with Gasteiger partial charge in [-0.15, -0.1) is 0 Å². The summed E-state index contributed by atoms with van der Waals surface area (Å²) < 4.78 is 7.13. The Balaban J connectivity index is 1.81. The summed E-state index contributed by atoms with van der Waals surface area (Å²) in [5.74, 6) is 1.72. The Morgan fingerprint density at radius 2 is 1.63 bits per heavy atom. The van der Waals surface area contributed by atoms with Crippen molar-refractivity contribution in [1.82, 2.24) is 14.6 Å². The minimum absolute atomic E-state index is 0.830. The van der Waals surface area contributed by atoms with E-state index < -0.39 is 0 Å². The second kappa shape index (κ2) is 6.76. The molecular weight excluding hydrogens is 336 g/mol. The van der Waals surface area contributed by atoms with Crippen LogP contribution in [0.4, 0.5) is 11.5 Å². The van der Waals surface area contributed by atoms with E-state index in [2.05, 4.69) is 43.4 Å². The van der Waals surface area contributed by atoms with Gasteiger partial charge in [0.1, 0.15) is 11.6 Å². The predicted molar refractivity (Wildman–Crippen MR) is 109 cm³/mol. The lowest BCUT2D eigenvalue weighted by atomic mass is 10.1. The van der Waals surface area contributed by atoms with Gasteiger partial charge in [-0.1, -0.05) is 17.7 Å². The van der Waals surface area contributed by atoms with E-state index in [0.717, 1.165) is 45.4 Å². The molecule has 4 rings (SSSR count). The number of rotatable bonds is 4. The zero-order valence-corrected chi connectivity index (χ0v) is 15.9. The van der Waals surface area contributed by atoms with Crippen molar-refractivity contribution >= 4 is 17.2 Å². The third-order valence-electron chi connectivity index (χ3n) is 4.63. The summed E-state index contributed by atoms with van der Waals surface area (Å²) in [6.07, 6.45) is 0. The number of ether oxygens (including phenoxy) is 1.